The van der Waals surface area contributed by atoms with Crippen LogP contribution in [0, 0.1) is 0 Å². The predicted octanol–water partition coefficient (Wildman–Crippen LogP) is 1.45. The summed E-state index contributed by atoms with van der Waals surface area (Å²) in [7, 11) is 0. The molecule has 0 bridgehead atoms. The van der Waals surface area contributed by atoms with E-state index in [4.69, 9.17) is 4.74 Å². The molecule has 0 spiro atoms. The van der Waals surface area contributed by atoms with E-state index < -0.39 is 0 Å². The van der Waals surface area contributed by atoms with Crippen molar-refractivity contribution in [1.29, 1.82) is 0 Å². The Bertz CT molecular complexity index is 514. The van der Waals surface area contributed by atoms with Gasteiger partial charge in [-0.3, -0.25) is 4.79 Å². The Morgan fingerprint density at radius 2 is 1.62 bits per heavy atom. The molecule has 114 valence electrons. The first-order valence-corrected chi connectivity index (χ1v) is 8.55. The number of carbonyl (C=O) groups is 1. The van der Waals surface area contributed by atoms with Crippen LogP contribution in [0.4, 0.5) is 11.6 Å². The van der Waals surface area contributed by atoms with Crippen LogP contribution < -0.4 is 9.80 Å². The molecule has 3 rings (SSSR count). The van der Waals surface area contributed by atoms with Crippen LogP contribution in [0.25, 0.3) is 0 Å². The molecule has 7 heteroatoms. The van der Waals surface area contributed by atoms with Crippen molar-refractivity contribution in [3.63, 3.8) is 0 Å². The summed E-state index contributed by atoms with van der Waals surface area (Å²) in [6.07, 6.45) is 5.18. The van der Waals surface area contributed by atoms with Crippen molar-refractivity contribution < 1.29 is 9.53 Å². The maximum Gasteiger partial charge on any atom is 0.191 e. The van der Waals surface area contributed by atoms with E-state index >= 15 is 0 Å². The number of carbonyl (C=O) groups excluding carboxylic acids is 1. The lowest BCUT2D eigenvalue weighted by Gasteiger charge is -2.30. The smallest absolute Gasteiger partial charge is 0.191 e. The van der Waals surface area contributed by atoms with E-state index in [0.717, 1.165) is 62.1 Å². The normalized spacial score (nSPS) is 19.1. The summed E-state index contributed by atoms with van der Waals surface area (Å²) >= 11 is 1.52. The molecule has 0 unspecified atom stereocenters. The average Bonchev–Trinajstić information content (AvgIpc) is 3.08. The van der Waals surface area contributed by atoms with Crippen LogP contribution in [0.5, 0.6) is 0 Å². The second-order valence-corrected chi connectivity index (χ2v) is 5.96. The molecule has 1 aromatic rings. The highest BCUT2D eigenvalue weighted by atomic mass is 32.2. The topological polar surface area (TPSA) is 58.6 Å². The first-order chi connectivity index (χ1) is 10.3. The zero-order valence-electron chi connectivity index (χ0n) is 12.2. The third kappa shape index (κ3) is 2.98. The second kappa shape index (κ2) is 6.62. The van der Waals surface area contributed by atoms with Crippen molar-refractivity contribution in [2.45, 2.75) is 18.0 Å². The molecular weight excluding hydrogens is 288 g/mol. The standard InChI is InChI=1S/C14H20N4O2S/c1-21-14-15-12(17-4-2-3-5-17)11(10-19)13(16-14)18-6-8-20-9-7-18/h10H,2-9H2,1H3. The number of ether oxygens (including phenoxy) is 1. The largest absolute Gasteiger partial charge is 0.378 e. The van der Waals surface area contributed by atoms with Crippen LogP contribution in [0.3, 0.4) is 0 Å². The molecule has 6 nitrogen and oxygen atoms in total. The molecule has 3 heterocycles. The SMILES string of the molecule is CSc1nc(N2CCCC2)c(C=O)c(N2CCOCC2)n1. The molecule has 0 aromatic carbocycles. The molecule has 2 aliphatic heterocycles. The lowest BCUT2D eigenvalue weighted by molar-refractivity contribution is 0.111. The number of aromatic nitrogens is 2. The molecule has 0 radical (unpaired) electrons. The second-order valence-electron chi connectivity index (χ2n) is 5.18. The van der Waals surface area contributed by atoms with Crippen molar-refractivity contribution in [1.82, 2.24) is 9.97 Å². The molecule has 0 atom stereocenters. The van der Waals surface area contributed by atoms with E-state index in [1.165, 1.54) is 11.8 Å². The van der Waals surface area contributed by atoms with Gasteiger partial charge in [0.05, 0.1) is 18.8 Å². The van der Waals surface area contributed by atoms with Crippen molar-refractivity contribution >= 4 is 29.7 Å². The van der Waals surface area contributed by atoms with Crippen LogP contribution in [-0.4, -0.2) is 61.9 Å². The van der Waals surface area contributed by atoms with Gasteiger partial charge >= 0.3 is 0 Å². The van der Waals surface area contributed by atoms with Crippen LogP contribution in [0.15, 0.2) is 5.16 Å². The zero-order chi connectivity index (χ0) is 14.7. The van der Waals surface area contributed by atoms with Crippen LogP contribution >= 0.6 is 11.8 Å². The van der Waals surface area contributed by atoms with E-state index in [0.29, 0.717) is 18.8 Å². The molecule has 0 aliphatic carbocycles. The van der Waals surface area contributed by atoms with Gasteiger partial charge in [0, 0.05) is 26.2 Å². The quantitative estimate of drug-likeness (QED) is 0.474. The summed E-state index contributed by atoms with van der Waals surface area (Å²) in [6.45, 7) is 4.82. The number of hydrogen-bond donors (Lipinski definition) is 0. The van der Waals surface area contributed by atoms with Crippen molar-refractivity contribution in [2.24, 2.45) is 0 Å². The third-order valence-corrected chi connectivity index (χ3v) is 4.45. The maximum absolute atomic E-state index is 11.7. The fourth-order valence-corrected chi connectivity index (χ4v) is 3.17. The van der Waals surface area contributed by atoms with E-state index in [2.05, 4.69) is 19.8 Å². The molecule has 0 saturated carbocycles. The Kier molecular flexibility index (Phi) is 4.60. The summed E-state index contributed by atoms with van der Waals surface area (Å²) in [5.41, 5.74) is 0.622. The summed E-state index contributed by atoms with van der Waals surface area (Å²) in [6, 6.07) is 0. The lowest BCUT2D eigenvalue weighted by atomic mass is 10.2. The number of morpholine rings is 1. The fourth-order valence-electron chi connectivity index (χ4n) is 2.81. The summed E-state index contributed by atoms with van der Waals surface area (Å²) in [4.78, 5) is 25.2. The maximum atomic E-state index is 11.7. The van der Waals surface area contributed by atoms with Gasteiger partial charge in [0.1, 0.15) is 11.6 Å². The Morgan fingerprint density at radius 1 is 1.05 bits per heavy atom. The highest BCUT2D eigenvalue weighted by molar-refractivity contribution is 7.98. The number of thioether (sulfide) groups is 1. The molecular formula is C14H20N4O2S. The van der Waals surface area contributed by atoms with Gasteiger partial charge in [-0.25, -0.2) is 9.97 Å². The third-order valence-electron chi connectivity index (χ3n) is 3.90. The van der Waals surface area contributed by atoms with Gasteiger partial charge in [-0.05, 0) is 19.1 Å². The Hall–Kier alpha value is -1.34. The molecule has 2 fully saturated rings. The molecule has 1 aromatic heterocycles. The van der Waals surface area contributed by atoms with Gasteiger partial charge in [0.25, 0.3) is 0 Å². The van der Waals surface area contributed by atoms with Gasteiger partial charge in [0.2, 0.25) is 0 Å². The number of nitrogens with zero attached hydrogens (tertiary/aromatic N) is 4. The summed E-state index contributed by atoms with van der Waals surface area (Å²) in [5, 5.41) is 0.726. The number of rotatable bonds is 4. The monoisotopic (exact) mass is 308 g/mol. The average molecular weight is 308 g/mol. The molecule has 0 amide bonds. The molecule has 2 aliphatic rings. The van der Waals surface area contributed by atoms with Gasteiger partial charge in [0.15, 0.2) is 11.4 Å². The highest BCUT2D eigenvalue weighted by Crippen LogP contribution is 2.30. The van der Waals surface area contributed by atoms with Crippen LogP contribution in [0.1, 0.15) is 23.2 Å². The number of hydrogen-bond acceptors (Lipinski definition) is 7. The minimum absolute atomic E-state index is 0.622. The Morgan fingerprint density at radius 3 is 2.14 bits per heavy atom. The predicted molar refractivity (Wildman–Crippen MR) is 83.7 cm³/mol. The minimum Gasteiger partial charge on any atom is -0.378 e. The molecule has 21 heavy (non-hydrogen) atoms. The fraction of sp³-hybridized carbons (Fsp3) is 0.643. The summed E-state index contributed by atoms with van der Waals surface area (Å²) < 4.78 is 5.39. The van der Waals surface area contributed by atoms with E-state index in [-0.39, 0.29) is 0 Å². The Balaban J connectivity index is 2.03. The van der Waals surface area contributed by atoms with Crippen molar-refractivity contribution in [2.75, 3.05) is 55.4 Å². The van der Waals surface area contributed by atoms with E-state index in [1.807, 2.05) is 6.26 Å². The zero-order valence-corrected chi connectivity index (χ0v) is 13.1. The number of aldehydes is 1. The molecule has 0 N–H and O–H groups in total. The Labute approximate surface area is 128 Å². The highest BCUT2D eigenvalue weighted by Gasteiger charge is 2.25. The van der Waals surface area contributed by atoms with Gasteiger partial charge in [-0.2, -0.15) is 0 Å². The summed E-state index contributed by atoms with van der Waals surface area (Å²) in [5.74, 6) is 1.55. The van der Waals surface area contributed by atoms with Crippen LogP contribution in [0.2, 0.25) is 0 Å². The number of anilines is 2. The van der Waals surface area contributed by atoms with Gasteiger partial charge in [-0.15, -0.1) is 0 Å². The van der Waals surface area contributed by atoms with E-state index in [9.17, 15) is 4.79 Å². The first kappa shape index (κ1) is 14.6. The lowest BCUT2D eigenvalue weighted by Crippen LogP contribution is -2.38. The minimum atomic E-state index is 0.622. The van der Waals surface area contributed by atoms with Gasteiger partial charge in [-0.1, -0.05) is 11.8 Å². The van der Waals surface area contributed by atoms with Crippen LogP contribution in [-0.2, 0) is 4.74 Å². The first-order valence-electron chi connectivity index (χ1n) is 7.32. The van der Waals surface area contributed by atoms with Crippen molar-refractivity contribution in [3.8, 4) is 0 Å². The van der Waals surface area contributed by atoms with Gasteiger partial charge < -0.3 is 14.5 Å². The van der Waals surface area contributed by atoms with E-state index in [1.54, 1.807) is 0 Å². The molecule has 2 saturated heterocycles. The van der Waals surface area contributed by atoms with Crippen molar-refractivity contribution in [3.05, 3.63) is 5.56 Å².